The number of anilines is 1. The van der Waals surface area contributed by atoms with E-state index in [1.54, 1.807) is 0 Å². The number of aromatic amines is 1. The molecule has 5 heteroatoms. The van der Waals surface area contributed by atoms with Crippen molar-refractivity contribution < 1.29 is 0 Å². The fourth-order valence-corrected chi connectivity index (χ4v) is 1.83. The van der Waals surface area contributed by atoms with Crippen LogP contribution in [0.4, 0.5) is 5.69 Å². The van der Waals surface area contributed by atoms with Crippen LogP contribution >= 0.6 is 24.8 Å². The number of fused-ring (bicyclic) bond motifs is 1. The summed E-state index contributed by atoms with van der Waals surface area (Å²) >= 11 is 0. The van der Waals surface area contributed by atoms with Gasteiger partial charge in [0.25, 0.3) is 0 Å². The van der Waals surface area contributed by atoms with Crippen LogP contribution in [0.25, 0.3) is 10.9 Å². The summed E-state index contributed by atoms with van der Waals surface area (Å²) in [6.45, 7) is 4.05. The van der Waals surface area contributed by atoms with Crippen molar-refractivity contribution in [1.82, 2.24) is 4.98 Å². The predicted molar refractivity (Wildman–Crippen MR) is 79.2 cm³/mol. The van der Waals surface area contributed by atoms with Gasteiger partial charge in [-0.1, -0.05) is 0 Å². The summed E-state index contributed by atoms with van der Waals surface area (Å²) in [6, 6.07) is 5.89. The molecule has 2 rings (SSSR count). The number of H-pyrrole nitrogens is 1. The van der Waals surface area contributed by atoms with Gasteiger partial charge < -0.3 is 16.5 Å². The number of hydrogen-bond acceptors (Lipinski definition) is 2. The van der Waals surface area contributed by atoms with Crippen molar-refractivity contribution in [3.05, 3.63) is 30.0 Å². The van der Waals surface area contributed by atoms with Crippen molar-refractivity contribution in [3.63, 3.8) is 0 Å². The fourth-order valence-electron chi connectivity index (χ4n) is 1.83. The van der Waals surface area contributed by atoms with Gasteiger partial charge in [-0.2, -0.15) is 0 Å². The summed E-state index contributed by atoms with van der Waals surface area (Å²) in [4.78, 5) is 3.23. The third-order valence-corrected chi connectivity index (χ3v) is 2.44. The highest BCUT2D eigenvalue weighted by Crippen LogP contribution is 2.23. The minimum absolute atomic E-state index is 0. The summed E-state index contributed by atoms with van der Waals surface area (Å²) < 4.78 is 0. The number of hydrogen-bond donors (Lipinski definition) is 3. The third kappa shape index (κ3) is 3.80. The van der Waals surface area contributed by atoms with Crippen LogP contribution < -0.4 is 11.5 Å². The van der Waals surface area contributed by atoms with Crippen LogP contribution in [-0.2, 0) is 6.42 Å². The van der Waals surface area contributed by atoms with Gasteiger partial charge in [0.05, 0.1) is 0 Å². The highest BCUT2D eigenvalue weighted by molar-refractivity contribution is 5.86. The number of aromatic nitrogens is 1. The smallest absolute Gasteiger partial charge is 0.0458 e. The Morgan fingerprint density at radius 2 is 1.88 bits per heavy atom. The number of benzene rings is 1. The molecule has 0 saturated carbocycles. The molecule has 0 aliphatic heterocycles. The minimum atomic E-state index is -0.195. The quantitative estimate of drug-likeness (QED) is 0.738. The lowest BCUT2D eigenvalue weighted by Crippen LogP contribution is -2.34. The van der Waals surface area contributed by atoms with Crippen molar-refractivity contribution >= 4 is 41.4 Å². The topological polar surface area (TPSA) is 67.8 Å². The Hall–Kier alpha value is -0.900. The minimum Gasteiger partial charge on any atom is -0.399 e. The molecule has 2 aromatic rings. The molecule has 0 radical (unpaired) electrons. The molecule has 0 aliphatic rings. The van der Waals surface area contributed by atoms with E-state index >= 15 is 0 Å². The molecule has 1 heterocycles. The highest BCUT2D eigenvalue weighted by atomic mass is 35.5. The molecule has 0 amide bonds. The van der Waals surface area contributed by atoms with Gasteiger partial charge in [0, 0.05) is 28.3 Å². The zero-order valence-corrected chi connectivity index (χ0v) is 11.6. The third-order valence-electron chi connectivity index (χ3n) is 2.44. The van der Waals surface area contributed by atoms with Crippen LogP contribution in [0, 0.1) is 0 Å². The average molecular weight is 276 g/mol. The Kier molecular flexibility index (Phi) is 5.33. The average Bonchev–Trinajstić information content (AvgIpc) is 2.46. The number of nitrogens with one attached hydrogen (secondary N) is 1. The predicted octanol–water partition coefficient (Wildman–Crippen LogP) is 2.87. The van der Waals surface area contributed by atoms with E-state index < -0.39 is 0 Å². The maximum atomic E-state index is 6.01. The van der Waals surface area contributed by atoms with Crippen molar-refractivity contribution in [3.8, 4) is 0 Å². The maximum Gasteiger partial charge on any atom is 0.0458 e. The molecule has 5 N–H and O–H groups in total. The molecule has 0 spiro atoms. The first-order valence-corrected chi connectivity index (χ1v) is 5.10. The Labute approximate surface area is 114 Å². The molecule has 0 saturated heterocycles. The Balaban J connectivity index is 0.00000128. The number of nitrogen functional groups attached to an aromatic ring is 1. The summed E-state index contributed by atoms with van der Waals surface area (Å²) in [7, 11) is 0. The Bertz CT molecular complexity index is 486. The lowest BCUT2D eigenvalue weighted by molar-refractivity contribution is 0.518. The molecule has 0 bridgehead atoms. The molecule has 0 fully saturated rings. The van der Waals surface area contributed by atoms with Crippen LogP contribution in [0.2, 0.25) is 0 Å². The van der Waals surface area contributed by atoms with Crippen LogP contribution in [0.15, 0.2) is 24.4 Å². The summed E-state index contributed by atoms with van der Waals surface area (Å²) in [5.74, 6) is 0. The maximum absolute atomic E-state index is 6.01. The SMILES string of the molecule is CC(C)(N)Cc1c[nH]c2ccc(N)cc12.Cl.Cl. The fraction of sp³-hybridized carbons (Fsp3) is 0.333. The van der Waals surface area contributed by atoms with Crippen molar-refractivity contribution in [2.75, 3.05) is 5.73 Å². The second-order valence-electron chi connectivity index (χ2n) is 4.78. The molecule has 17 heavy (non-hydrogen) atoms. The zero-order valence-electron chi connectivity index (χ0n) is 9.99. The normalized spacial score (nSPS) is 10.8. The van der Waals surface area contributed by atoms with E-state index in [1.807, 2.05) is 38.2 Å². The molecule has 1 aromatic carbocycles. The largest absolute Gasteiger partial charge is 0.399 e. The molecular formula is C12H19Cl2N3. The van der Waals surface area contributed by atoms with Crippen molar-refractivity contribution in [1.29, 1.82) is 0 Å². The second-order valence-corrected chi connectivity index (χ2v) is 4.78. The van der Waals surface area contributed by atoms with Gasteiger partial charge in [0.2, 0.25) is 0 Å². The summed E-state index contributed by atoms with van der Waals surface area (Å²) in [6.07, 6.45) is 2.86. The van der Waals surface area contributed by atoms with Crippen molar-refractivity contribution in [2.45, 2.75) is 25.8 Å². The number of halogens is 2. The van der Waals surface area contributed by atoms with Crippen LogP contribution in [-0.4, -0.2) is 10.5 Å². The van der Waals surface area contributed by atoms with Crippen LogP contribution in [0.5, 0.6) is 0 Å². The first kappa shape index (κ1) is 16.1. The molecule has 96 valence electrons. The molecule has 0 aliphatic carbocycles. The van der Waals surface area contributed by atoms with Gasteiger partial charge in [0.15, 0.2) is 0 Å². The van der Waals surface area contributed by atoms with Gasteiger partial charge in [-0.05, 0) is 44.0 Å². The van der Waals surface area contributed by atoms with E-state index in [0.717, 1.165) is 17.6 Å². The van der Waals surface area contributed by atoms with Crippen molar-refractivity contribution in [2.24, 2.45) is 5.73 Å². The standard InChI is InChI=1S/C12H17N3.2ClH/c1-12(2,14)6-8-7-15-11-4-3-9(13)5-10(8)11;;/h3-5,7,15H,6,13-14H2,1-2H3;2*1H. The van der Waals surface area contributed by atoms with E-state index in [9.17, 15) is 0 Å². The van der Waals surface area contributed by atoms with Gasteiger partial charge in [-0.3, -0.25) is 0 Å². The number of rotatable bonds is 2. The molecule has 1 aromatic heterocycles. The lowest BCUT2D eigenvalue weighted by Gasteiger charge is -2.17. The molecule has 0 unspecified atom stereocenters. The summed E-state index contributed by atoms with van der Waals surface area (Å²) in [5.41, 5.74) is 14.7. The lowest BCUT2D eigenvalue weighted by atomic mass is 9.96. The van der Waals surface area contributed by atoms with Gasteiger partial charge in [-0.15, -0.1) is 24.8 Å². The van der Waals surface area contributed by atoms with E-state index in [1.165, 1.54) is 10.9 Å². The van der Waals surface area contributed by atoms with Crippen LogP contribution in [0.3, 0.4) is 0 Å². The summed E-state index contributed by atoms with van der Waals surface area (Å²) in [5, 5.41) is 1.17. The Morgan fingerprint density at radius 3 is 2.47 bits per heavy atom. The zero-order chi connectivity index (χ0) is 11.1. The first-order chi connectivity index (χ1) is 6.96. The number of nitrogens with two attached hydrogens (primary N) is 2. The molecule has 0 atom stereocenters. The molecular weight excluding hydrogens is 257 g/mol. The monoisotopic (exact) mass is 275 g/mol. The van der Waals surface area contributed by atoms with Crippen LogP contribution in [0.1, 0.15) is 19.4 Å². The van der Waals surface area contributed by atoms with Gasteiger partial charge in [0.1, 0.15) is 0 Å². The van der Waals surface area contributed by atoms with E-state index in [-0.39, 0.29) is 30.4 Å². The molecule has 3 nitrogen and oxygen atoms in total. The first-order valence-electron chi connectivity index (χ1n) is 5.10. The van der Waals surface area contributed by atoms with Gasteiger partial charge in [-0.25, -0.2) is 0 Å². The second kappa shape index (κ2) is 5.63. The van der Waals surface area contributed by atoms with Gasteiger partial charge >= 0.3 is 0 Å². The van der Waals surface area contributed by atoms with E-state index in [4.69, 9.17) is 11.5 Å². The highest BCUT2D eigenvalue weighted by Gasteiger charge is 2.14. The van der Waals surface area contributed by atoms with E-state index in [2.05, 4.69) is 4.98 Å². The Morgan fingerprint density at radius 1 is 1.24 bits per heavy atom. The van der Waals surface area contributed by atoms with E-state index in [0.29, 0.717) is 0 Å².